The molecule has 2 heterocycles. The highest BCUT2D eigenvalue weighted by Gasteiger charge is 2.43. The zero-order valence-electron chi connectivity index (χ0n) is 21.0. The molecule has 4 atom stereocenters. The van der Waals surface area contributed by atoms with E-state index in [9.17, 15) is 28.1 Å². The number of aromatic nitrogens is 1. The molecule has 2 aromatic rings. The van der Waals surface area contributed by atoms with Gasteiger partial charge in [-0.2, -0.15) is 0 Å². The fourth-order valence-corrected chi connectivity index (χ4v) is 6.10. The molecule has 202 valence electrons. The van der Waals surface area contributed by atoms with Crippen molar-refractivity contribution < 1.29 is 23.0 Å². The summed E-state index contributed by atoms with van der Waals surface area (Å²) in [5.74, 6) is -0.0805. The number of carbonyl (C=O) groups is 1. The Morgan fingerprint density at radius 2 is 2.14 bits per heavy atom. The minimum atomic E-state index is -4.48. The Morgan fingerprint density at radius 3 is 2.81 bits per heavy atom. The van der Waals surface area contributed by atoms with Gasteiger partial charge >= 0.3 is 6.30 Å². The number of Topliss-reactive ketones (excluding diaryl/α,β-unsaturated/α-hetero) is 1. The number of likely N-dealkylation sites (N-methyl/N-ethyl adjacent to an activating group) is 1. The van der Waals surface area contributed by atoms with Crippen LogP contribution in [0.25, 0.3) is 10.9 Å². The number of rotatable bonds is 9. The van der Waals surface area contributed by atoms with Crippen molar-refractivity contribution in [1.82, 2.24) is 14.9 Å². The van der Waals surface area contributed by atoms with Crippen LogP contribution in [-0.4, -0.2) is 52.4 Å². The number of nitrogens with one attached hydrogen (secondary N) is 1. The third kappa shape index (κ3) is 5.73. The lowest BCUT2D eigenvalue weighted by Gasteiger charge is -2.45. The molecule has 0 bridgehead atoms. The maximum Gasteiger partial charge on any atom is 0.488 e. The fourth-order valence-electron chi connectivity index (χ4n) is 6.10. The normalized spacial score (nSPS) is 23.1. The number of benzene rings is 1. The average Bonchev–Trinajstić information content (AvgIpc) is 3.21. The first kappa shape index (κ1) is 26.9. The van der Waals surface area contributed by atoms with Crippen molar-refractivity contribution in [2.75, 3.05) is 20.1 Å². The Hall–Kier alpha value is -3.15. The molecule has 0 radical (unpaired) electrons. The second-order valence-corrected chi connectivity index (χ2v) is 10.2. The van der Waals surface area contributed by atoms with Gasteiger partial charge in [-0.25, -0.2) is 15.1 Å². The monoisotopic (exact) mass is 522 g/mol. The summed E-state index contributed by atoms with van der Waals surface area (Å²) in [4.78, 5) is 29.8. The molecule has 1 fully saturated rings. The number of piperidine rings is 1. The van der Waals surface area contributed by atoms with Crippen LogP contribution in [0.15, 0.2) is 29.4 Å². The lowest BCUT2D eigenvalue weighted by molar-refractivity contribution is -0.525. The van der Waals surface area contributed by atoms with Gasteiger partial charge in [-0.3, -0.25) is 9.36 Å². The van der Waals surface area contributed by atoms with Crippen LogP contribution in [0.1, 0.15) is 56.1 Å². The largest absolute Gasteiger partial charge is 0.488 e. The number of likely N-dealkylation sites (tertiary alicyclic amines) is 1. The summed E-state index contributed by atoms with van der Waals surface area (Å²) in [5.41, 5.74) is 9.03. The molecule has 1 aliphatic heterocycles. The third-order valence-electron chi connectivity index (χ3n) is 7.90. The van der Waals surface area contributed by atoms with Crippen LogP contribution in [0.3, 0.4) is 0 Å². The average molecular weight is 523 g/mol. The first-order valence-electron chi connectivity index (χ1n) is 12.6. The molecule has 12 heteroatoms. The summed E-state index contributed by atoms with van der Waals surface area (Å²) in [6.07, 6.45) is 0.566. The smallest absolute Gasteiger partial charge is 0.365 e. The van der Waals surface area contributed by atoms with E-state index in [0.717, 1.165) is 18.4 Å². The van der Waals surface area contributed by atoms with Gasteiger partial charge in [0.05, 0.1) is 5.52 Å². The molecule has 0 saturated carbocycles. The molecule has 1 aromatic heterocycles. The molecule has 1 aliphatic carbocycles. The summed E-state index contributed by atoms with van der Waals surface area (Å²) in [6, 6.07) is 5.17. The van der Waals surface area contributed by atoms with E-state index in [1.165, 1.54) is 12.3 Å². The van der Waals surface area contributed by atoms with Crippen LogP contribution in [0.5, 0.6) is 0 Å². The predicted octanol–water partition coefficient (Wildman–Crippen LogP) is 3.94. The number of carbonyl (C=O) groups excluding carboxylic acids is 1. The molecule has 3 N–H and O–H groups in total. The summed E-state index contributed by atoms with van der Waals surface area (Å²) >= 11 is 0. The summed E-state index contributed by atoms with van der Waals surface area (Å²) in [7, 11) is 1.96. The molecular weight excluding hydrogens is 489 g/mol. The van der Waals surface area contributed by atoms with E-state index in [2.05, 4.69) is 9.89 Å². The quantitative estimate of drug-likeness (QED) is 0.169. The van der Waals surface area contributed by atoms with Crippen LogP contribution in [0.2, 0.25) is 0 Å². The summed E-state index contributed by atoms with van der Waals surface area (Å²) in [5, 5.41) is 10.3. The van der Waals surface area contributed by atoms with Crippen molar-refractivity contribution in [3.8, 4) is 0 Å². The Labute approximate surface area is 213 Å². The topological polar surface area (TPSA) is 119 Å². The van der Waals surface area contributed by atoms with Gasteiger partial charge in [0.1, 0.15) is 5.78 Å². The van der Waals surface area contributed by atoms with Crippen molar-refractivity contribution in [3.05, 3.63) is 45.6 Å². The third-order valence-corrected chi connectivity index (χ3v) is 7.90. The van der Waals surface area contributed by atoms with Crippen molar-refractivity contribution in [2.45, 2.75) is 63.7 Å². The Balaban J connectivity index is 1.44. The van der Waals surface area contributed by atoms with Gasteiger partial charge < -0.3 is 10.6 Å². The number of nitro groups is 1. The first-order chi connectivity index (χ1) is 17.5. The number of fused-ring (bicyclic) bond motifs is 2. The molecule has 1 aromatic carbocycles. The van der Waals surface area contributed by atoms with Gasteiger partial charge in [0.15, 0.2) is 5.03 Å². The number of hydrogen-bond acceptors (Lipinski definition) is 5. The molecule has 0 spiro atoms. The zero-order valence-corrected chi connectivity index (χ0v) is 21.0. The highest BCUT2D eigenvalue weighted by Crippen LogP contribution is 2.46. The van der Waals surface area contributed by atoms with Crippen LogP contribution in [0.4, 0.5) is 13.2 Å². The minimum absolute atomic E-state index is 0.000493. The van der Waals surface area contributed by atoms with E-state index in [-0.39, 0.29) is 41.1 Å². The fraction of sp³-hybridized carbons (Fsp3) is 0.600. The predicted molar refractivity (Wildman–Crippen MR) is 133 cm³/mol. The molecule has 1 saturated heterocycles. The van der Waals surface area contributed by atoms with Crippen molar-refractivity contribution in [2.24, 2.45) is 22.6 Å². The van der Waals surface area contributed by atoms with E-state index in [4.69, 9.17) is 5.73 Å². The second kappa shape index (κ2) is 10.7. The minimum Gasteiger partial charge on any atom is -0.365 e. The van der Waals surface area contributed by atoms with Gasteiger partial charge in [-0.15, -0.1) is 13.2 Å². The number of alkyl halides is 3. The van der Waals surface area contributed by atoms with Gasteiger partial charge in [0, 0.05) is 49.0 Å². The summed E-state index contributed by atoms with van der Waals surface area (Å²) < 4.78 is 41.4. The molecule has 0 unspecified atom stereocenters. The second-order valence-electron chi connectivity index (χ2n) is 10.2. The number of hydrazine groups is 1. The molecule has 0 amide bonds. The van der Waals surface area contributed by atoms with E-state index in [0.29, 0.717) is 54.3 Å². The van der Waals surface area contributed by atoms with Gasteiger partial charge in [-0.1, -0.05) is 30.9 Å². The molecule has 2 aliphatic rings. The van der Waals surface area contributed by atoms with Crippen LogP contribution < -0.4 is 11.2 Å². The summed E-state index contributed by atoms with van der Waals surface area (Å²) in [6.45, 7) is 2.95. The maximum absolute atomic E-state index is 13.7. The number of aliphatic imine (C=N–C) groups is 1. The SMILES string of the molecule is CC[C@H](CCCN=C(N)N[N+](=O)[O-])CC(=O)[C@@H]1C[C@@H]2c3cccc4c3c(cn4C(F)(F)F)C[C@H]2N(C)C1. The Kier molecular flexibility index (Phi) is 7.77. The maximum atomic E-state index is 13.7. The zero-order chi connectivity index (χ0) is 26.9. The molecule has 4 rings (SSSR count). The highest BCUT2D eigenvalue weighted by atomic mass is 19.4. The number of hydrogen-bond donors (Lipinski definition) is 2. The number of nitrogens with two attached hydrogens (primary N) is 1. The van der Waals surface area contributed by atoms with Crippen LogP contribution >= 0.6 is 0 Å². The highest BCUT2D eigenvalue weighted by molar-refractivity contribution is 5.89. The van der Waals surface area contributed by atoms with Gasteiger partial charge in [-0.05, 0) is 55.8 Å². The van der Waals surface area contributed by atoms with E-state index in [1.807, 2.05) is 20.0 Å². The lowest BCUT2D eigenvalue weighted by Crippen LogP contribution is -2.49. The standard InChI is InChI=1S/C25H33F3N6O3/c1-3-15(6-5-9-30-24(29)31-34(36)37)10-22(35)16-11-19-18-7-4-8-20-23(18)17(12-21(19)32(2)13-16)14-33(20)25(26,27)28/h4,7-8,14-16,19,21H,3,5-6,9-13H2,1-2H3,(H3,29,30,31)/t15-,16-,19-,21-/m1/s1. The Morgan fingerprint density at radius 1 is 1.38 bits per heavy atom. The number of ketones is 1. The number of nitrogens with zero attached hydrogens (tertiary/aromatic N) is 4. The molecular formula is C25H33F3N6O3. The Bertz CT molecular complexity index is 1190. The van der Waals surface area contributed by atoms with Crippen molar-refractivity contribution in [3.63, 3.8) is 0 Å². The van der Waals surface area contributed by atoms with Gasteiger partial charge in [0.25, 0.3) is 5.96 Å². The van der Waals surface area contributed by atoms with E-state index in [1.54, 1.807) is 11.5 Å². The number of halogens is 3. The first-order valence-corrected chi connectivity index (χ1v) is 12.6. The lowest BCUT2D eigenvalue weighted by atomic mass is 9.71. The van der Waals surface area contributed by atoms with E-state index >= 15 is 0 Å². The number of guanidine groups is 1. The molecule has 37 heavy (non-hydrogen) atoms. The molecule has 9 nitrogen and oxygen atoms in total. The van der Waals surface area contributed by atoms with Crippen molar-refractivity contribution in [1.29, 1.82) is 0 Å². The van der Waals surface area contributed by atoms with Gasteiger partial charge in [0.2, 0.25) is 0 Å². The van der Waals surface area contributed by atoms with E-state index < -0.39 is 11.3 Å². The van der Waals surface area contributed by atoms with Crippen molar-refractivity contribution >= 4 is 22.6 Å². The van der Waals surface area contributed by atoms with Crippen LogP contribution in [-0.2, 0) is 17.5 Å². The van der Waals surface area contributed by atoms with Crippen LogP contribution in [0, 0.1) is 22.0 Å².